The minimum absolute atomic E-state index is 0.0154. The number of Topliss-reactive ketones (excluding diaryl/α,β-unsaturated/α-hetero) is 2. The zero-order valence-corrected chi connectivity index (χ0v) is 21.4. The van der Waals surface area contributed by atoms with Gasteiger partial charge in [0.15, 0.2) is 5.78 Å². The third-order valence-electron chi connectivity index (χ3n) is 9.08. The Labute approximate surface area is 189 Å². The fourth-order valence-electron chi connectivity index (χ4n) is 7.64. The van der Waals surface area contributed by atoms with E-state index in [-0.39, 0.29) is 41.5 Å². The van der Waals surface area contributed by atoms with Crippen LogP contribution in [0.5, 0.6) is 0 Å². The highest BCUT2D eigenvalue weighted by molar-refractivity contribution is 6.74. The molecule has 31 heavy (non-hydrogen) atoms. The molecule has 4 aliphatic rings. The average Bonchev–Trinajstić information content (AvgIpc) is 2.91. The van der Waals surface area contributed by atoms with Crippen LogP contribution in [0.1, 0.15) is 65.2 Å². The first-order chi connectivity index (χ1) is 14.2. The van der Waals surface area contributed by atoms with Crippen LogP contribution >= 0.6 is 0 Å². The van der Waals surface area contributed by atoms with Gasteiger partial charge >= 0.3 is 0 Å². The molecule has 8 atom stereocenters. The second-order valence-corrected chi connectivity index (χ2v) is 19.0. The molecule has 4 aliphatic carbocycles. The summed E-state index contributed by atoms with van der Waals surface area (Å²) in [7, 11) is -0.611. The molecular weight excluding hydrogens is 408 g/mol. The van der Waals surface area contributed by atoms with Gasteiger partial charge in [0.25, 0.3) is 0 Å². The molecule has 178 valence electrons. The summed E-state index contributed by atoms with van der Waals surface area (Å²) in [5, 5.41) is 30.6. The lowest BCUT2D eigenvalue weighted by Gasteiger charge is -2.60. The quantitative estimate of drug-likeness (QED) is 0.554. The Bertz CT molecular complexity index is 711. The molecule has 5 nitrogen and oxygen atoms in total. The van der Waals surface area contributed by atoms with E-state index in [4.69, 9.17) is 0 Å². The van der Waals surface area contributed by atoms with Gasteiger partial charge in [-0.05, 0) is 68.1 Å². The van der Waals surface area contributed by atoms with Gasteiger partial charge in [-0.2, -0.15) is 0 Å². The van der Waals surface area contributed by atoms with Gasteiger partial charge in [0.05, 0.1) is 6.10 Å². The summed E-state index contributed by atoms with van der Waals surface area (Å²) < 4.78 is 0. The molecule has 0 aromatic rings. The molecule has 0 aliphatic heterocycles. The lowest BCUT2D eigenvalue weighted by Crippen LogP contribution is -2.62. The van der Waals surface area contributed by atoms with Crippen LogP contribution in [-0.2, 0) is 9.59 Å². The van der Waals surface area contributed by atoms with Crippen LogP contribution in [0.25, 0.3) is 0 Å². The Kier molecular flexibility index (Phi) is 6.74. The van der Waals surface area contributed by atoms with Gasteiger partial charge in [-0.15, -0.1) is 0 Å². The molecule has 0 bridgehead atoms. The number of aliphatic hydroxyl groups excluding tert-OH is 2. The van der Waals surface area contributed by atoms with Crippen molar-refractivity contribution in [2.75, 3.05) is 6.61 Å². The minimum atomic E-state index is -1.58. The Morgan fingerprint density at radius 1 is 1.06 bits per heavy atom. The maximum Gasteiger partial charge on any atom is 0.190 e. The van der Waals surface area contributed by atoms with Crippen molar-refractivity contribution in [2.24, 2.45) is 34.5 Å². The topological polar surface area (TPSA) is 94.8 Å². The lowest BCUT2D eigenvalue weighted by atomic mass is 9.44. The molecular formula is C25H44O5Si. The first kappa shape index (κ1) is 25.1. The number of fused-ring (bicyclic) bond motifs is 5. The Balaban J connectivity index is 0.000000491. The molecule has 6 heteroatoms. The zero-order valence-electron chi connectivity index (χ0n) is 20.4. The van der Waals surface area contributed by atoms with Crippen molar-refractivity contribution in [1.82, 2.24) is 0 Å². The standard InChI is InChI=1S/C21H32O5.C4H12Si/c1-19-7-5-13(23)9-12(19)3-4-14-15-6-8-21(26,17(25)11-22)20(15,2)10-16(24)18(14)19;1-5(2,3)4/h12-15,18,22-23,26H,3-11H2,1-2H3;1-4H3/t12-,13-,14+,15+,18-,19+,20+,21+;/m1./s1. The predicted molar refractivity (Wildman–Crippen MR) is 124 cm³/mol. The van der Waals surface area contributed by atoms with Crippen molar-refractivity contribution >= 4 is 19.6 Å². The van der Waals surface area contributed by atoms with Gasteiger partial charge < -0.3 is 15.3 Å². The van der Waals surface area contributed by atoms with Gasteiger partial charge in [0.1, 0.15) is 18.0 Å². The monoisotopic (exact) mass is 452 g/mol. The van der Waals surface area contributed by atoms with Crippen LogP contribution in [0.2, 0.25) is 26.2 Å². The van der Waals surface area contributed by atoms with Crippen LogP contribution in [-0.4, -0.2) is 53.3 Å². The van der Waals surface area contributed by atoms with Crippen molar-refractivity contribution in [3.05, 3.63) is 0 Å². The van der Waals surface area contributed by atoms with Gasteiger partial charge in [0, 0.05) is 25.8 Å². The number of ketones is 2. The molecule has 0 amide bonds. The molecule has 0 radical (unpaired) electrons. The van der Waals surface area contributed by atoms with E-state index in [1.807, 2.05) is 6.92 Å². The Morgan fingerprint density at radius 2 is 1.68 bits per heavy atom. The van der Waals surface area contributed by atoms with E-state index >= 15 is 0 Å². The number of hydrogen-bond acceptors (Lipinski definition) is 5. The number of rotatable bonds is 2. The maximum atomic E-state index is 13.4. The second kappa shape index (κ2) is 8.34. The predicted octanol–water partition coefficient (Wildman–Crippen LogP) is 3.82. The normalized spacial score (nSPS) is 46.9. The summed E-state index contributed by atoms with van der Waals surface area (Å²) >= 11 is 0. The van der Waals surface area contributed by atoms with Crippen LogP contribution in [0.3, 0.4) is 0 Å². The average molecular weight is 453 g/mol. The van der Waals surface area contributed by atoms with E-state index in [0.29, 0.717) is 12.3 Å². The molecule has 0 heterocycles. The summed E-state index contributed by atoms with van der Waals surface area (Å²) in [4.78, 5) is 25.7. The molecule has 3 N–H and O–H groups in total. The van der Waals surface area contributed by atoms with Crippen LogP contribution in [0.4, 0.5) is 0 Å². The molecule has 0 aromatic heterocycles. The summed E-state index contributed by atoms with van der Waals surface area (Å²) in [6, 6.07) is 0. The highest BCUT2D eigenvalue weighted by atomic mass is 28.3. The molecule has 0 spiro atoms. The van der Waals surface area contributed by atoms with Crippen molar-refractivity contribution in [3.8, 4) is 0 Å². The fraction of sp³-hybridized carbons (Fsp3) is 0.920. The molecule has 4 saturated carbocycles. The smallest absolute Gasteiger partial charge is 0.190 e. The van der Waals surface area contributed by atoms with Gasteiger partial charge in [-0.1, -0.05) is 40.0 Å². The minimum Gasteiger partial charge on any atom is -0.393 e. The van der Waals surface area contributed by atoms with Gasteiger partial charge in [0.2, 0.25) is 0 Å². The van der Waals surface area contributed by atoms with E-state index in [1.165, 1.54) is 0 Å². The van der Waals surface area contributed by atoms with Crippen molar-refractivity contribution in [3.63, 3.8) is 0 Å². The van der Waals surface area contributed by atoms with E-state index in [0.717, 1.165) is 38.5 Å². The zero-order chi connectivity index (χ0) is 23.4. The van der Waals surface area contributed by atoms with Gasteiger partial charge in [-0.3, -0.25) is 9.59 Å². The van der Waals surface area contributed by atoms with Gasteiger partial charge in [-0.25, -0.2) is 0 Å². The van der Waals surface area contributed by atoms with Crippen LogP contribution < -0.4 is 0 Å². The SMILES string of the molecule is C[C@]12CC[C@@H](O)C[C@H]1CC[C@@H]1[C@@H]2C(=O)C[C@@]2(C)[C@H]1CC[C@]2(O)C(=O)CO.C[Si](C)(C)C. The maximum absolute atomic E-state index is 13.4. The van der Waals surface area contributed by atoms with E-state index in [9.17, 15) is 24.9 Å². The van der Waals surface area contributed by atoms with Crippen molar-refractivity contribution < 1.29 is 24.9 Å². The summed E-state index contributed by atoms with van der Waals surface area (Å²) in [6.07, 6.45) is 5.47. The first-order valence-corrected chi connectivity index (χ1v) is 16.2. The summed E-state index contributed by atoms with van der Waals surface area (Å²) in [5.74, 6) is 0.380. The fourth-order valence-corrected chi connectivity index (χ4v) is 7.64. The number of carbonyl (C=O) groups excluding carboxylic acids is 2. The Hall–Kier alpha value is -0.563. The number of aliphatic hydroxyl groups is 3. The molecule has 0 aromatic carbocycles. The molecule has 4 rings (SSSR count). The Morgan fingerprint density at radius 3 is 2.26 bits per heavy atom. The number of hydrogen-bond donors (Lipinski definition) is 3. The summed E-state index contributed by atoms with van der Waals surface area (Å²) in [5.41, 5.74) is -2.40. The molecule has 0 unspecified atom stereocenters. The largest absolute Gasteiger partial charge is 0.393 e. The van der Waals surface area contributed by atoms with Crippen molar-refractivity contribution in [1.29, 1.82) is 0 Å². The third-order valence-corrected chi connectivity index (χ3v) is 9.08. The molecule has 0 saturated heterocycles. The second-order valence-electron chi connectivity index (χ2n) is 13.0. The highest BCUT2D eigenvalue weighted by Gasteiger charge is 2.68. The number of carbonyl (C=O) groups is 2. The third kappa shape index (κ3) is 4.22. The van der Waals surface area contributed by atoms with E-state index < -0.39 is 31.5 Å². The summed E-state index contributed by atoms with van der Waals surface area (Å²) in [6.45, 7) is 12.8. The first-order valence-electron chi connectivity index (χ1n) is 12.2. The molecule has 4 fully saturated rings. The van der Waals surface area contributed by atoms with Crippen molar-refractivity contribution in [2.45, 2.75) is 103 Å². The van der Waals surface area contributed by atoms with Crippen LogP contribution in [0, 0.1) is 34.5 Å². The van der Waals surface area contributed by atoms with E-state index in [1.54, 1.807) is 0 Å². The van der Waals surface area contributed by atoms with E-state index in [2.05, 4.69) is 33.1 Å². The lowest BCUT2D eigenvalue weighted by molar-refractivity contribution is -0.180. The highest BCUT2D eigenvalue weighted by Crippen LogP contribution is 2.67. The van der Waals surface area contributed by atoms with Crippen LogP contribution in [0.15, 0.2) is 0 Å².